The van der Waals surface area contributed by atoms with Crippen molar-refractivity contribution < 1.29 is 14.3 Å². The summed E-state index contributed by atoms with van der Waals surface area (Å²) in [5.41, 5.74) is 6.90. The highest BCUT2D eigenvalue weighted by Crippen LogP contribution is 2.30. The summed E-state index contributed by atoms with van der Waals surface area (Å²) in [4.78, 5) is 11.1. The van der Waals surface area contributed by atoms with Crippen LogP contribution in [0.2, 0.25) is 5.02 Å². The molecule has 0 saturated heterocycles. The van der Waals surface area contributed by atoms with Crippen LogP contribution in [-0.2, 0) is 24.4 Å². The molecule has 4 aromatic carbocycles. The highest BCUT2D eigenvalue weighted by atomic mass is 35.5. The van der Waals surface area contributed by atoms with E-state index in [0.29, 0.717) is 24.8 Å². The zero-order valence-corrected chi connectivity index (χ0v) is 22.8. The third kappa shape index (κ3) is 7.87. The second-order valence-electron chi connectivity index (χ2n) is 9.37. The Morgan fingerprint density at radius 3 is 2.42 bits per heavy atom. The van der Waals surface area contributed by atoms with E-state index < -0.39 is 0 Å². The van der Waals surface area contributed by atoms with Crippen LogP contribution in [0, 0.1) is 6.92 Å². The van der Waals surface area contributed by atoms with Crippen LogP contribution < -0.4 is 14.8 Å². The van der Waals surface area contributed by atoms with Crippen LogP contribution in [0.5, 0.6) is 11.5 Å². The number of carbonyl (C=O) groups excluding carboxylic acids is 1. The molecular weight excluding hydrogens is 494 g/mol. The molecule has 0 spiro atoms. The molecule has 0 aliphatic rings. The molecule has 0 heterocycles. The number of hydrogen-bond donors (Lipinski definition) is 1. The van der Waals surface area contributed by atoms with E-state index in [4.69, 9.17) is 21.1 Å². The number of ether oxygens (including phenoxy) is 2. The Morgan fingerprint density at radius 2 is 1.63 bits per heavy atom. The van der Waals surface area contributed by atoms with Crippen molar-refractivity contribution in [3.63, 3.8) is 0 Å². The number of hydrogen-bond acceptors (Lipinski definition) is 3. The van der Waals surface area contributed by atoms with Gasteiger partial charge in [0.1, 0.15) is 24.7 Å². The van der Waals surface area contributed by atoms with Crippen LogP contribution in [0.1, 0.15) is 42.0 Å². The molecule has 5 heteroatoms. The Bertz CT molecular complexity index is 1350. The first-order chi connectivity index (χ1) is 18.5. The quantitative estimate of drug-likeness (QED) is 0.190. The van der Waals surface area contributed by atoms with Crippen molar-refractivity contribution in [2.45, 2.75) is 46.3 Å². The third-order valence-electron chi connectivity index (χ3n) is 6.49. The molecule has 0 aromatic heterocycles. The molecule has 0 fully saturated rings. The van der Waals surface area contributed by atoms with Gasteiger partial charge in [0.2, 0.25) is 5.91 Å². The van der Waals surface area contributed by atoms with Crippen molar-refractivity contribution in [3.05, 3.63) is 118 Å². The SMILES string of the molecule is CC(=O)NCCCCc1ccc(OCc2cccc(-c3ccccc3)c2C)cc1OCc1cccc(Cl)c1. The zero-order chi connectivity index (χ0) is 26.7. The summed E-state index contributed by atoms with van der Waals surface area (Å²) in [6.45, 7) is 5.25. The Balaban J connectivity index is 1.47. The fourth-order valence-electron chi connectivity index (χ4n) is 4.39. The number of nitrogens with one attached hydrogen (secondary N) is 1. The molecule has 196 valence electrons. The van der Waals surface area contributed by atoms with Gasteiger partial charge in [0.25, 0.3) is 0 Å². The van der Waals surface area contributed by atoms with Gasteiger partial charge in [0.15, 0.2) is 0 Å². The van der Waals surface area contributed by atoms with Crippen molar-refractivity contribution in [2.75, 3.05) is 6.54 Å². The fourth-order valence-corrected chi connectivity index (χ4v) is 4.60. The van der Waals surface area contributed by atoms with Gasteiger partial charge in [-0.25, -0.2) is 0 Å². The summed E-state index contributed by atoms with van der Waals surface area (Å²) >= 11 is 6.16. The lowest BCUT2D eigenvalue weighted by molar-refractivity contribution is -0.118. The smallest absolute Gasteiger partial charge is 0.216 e. The third-order valence-corrected chi connectivity index (χ3v) is 6.73. The van der Waals surface area contributed by atoms with Gasteiger partial charge in [-0.3, -0.25) is 4.79 Å². The molecule has 0 unspecified atom stereocenters. The first-order valence-corrected chi connectivity index (χ1v) is 13.4. The summed E-state index contributed by atoms with van der Waals surface area (Å²) in [6.07, 6.45) is 2.70. The Kier molecular flexibility index (Phi) is 9.83. The molecular formula is C33H34ClNO3. The lowest BCUT2D eigenvalue weighted by Gasteiger charge is -2.16. The molecule has 38 heavy (non-hydrogen) atoms. The standard InChI is InChI=1S/C33H34ClNO3/c1-24-29(14-9-16-32(24)27-11-4-3-5-12-27)23-37-31-18-17-28(13-6-7-19-35-25(2)36)33(21-31)38-22-26-10-8-15-30(34)20-26/h3-5,8-12,14-18,20-21H,6-7,13,19,22-23H2,1-2H3,(H,35,36). The molecule has 0 saturated carbocycles. The minimum absolute atomic E-state index is 0.00147. The van der Waals surface area contributed by atoms with E-state index in [1.165, 1.54) is 16.7 Å². The van der Waals surface area contributed by atoms with E-state index in [1.807, 2.05) is 42.5 Å². The number of amides is 1. The maximum absolute atomic E-state index is 11.1. The second-order valence-corrected chi connectivity index (χ2v) is 9.81. The van der Waals surface area contributed by atoms with Crippen molar-refractivity contribution in [1.82, 2.24) is 5.32 Å². The first-order valence-electron chi connectivity index (χ1n) is 13.0. The minimum Gasteiger partial charge on any atom is -0.489 e. The molecule has 0 bridgehead atoms. The largest absolute Gasteiger partial charge is 0.489 e. The van der Waals surface area contributed by atoms with Crippen LogP contribution >= 0.6 is 11.6 Å². The van der Waals surface area contributed by atoms with Crippen LogP contribution in [0.3, 0.4) is 0 Å². The fraction of sp³-hybridized carbons (Fsp3) is 0.242. The molecule has 1 N–H and O–H groups in total. The van der Waals surface area contributed by atoms with Gasteiger partial charge in [-0.2, -0.15) is 0 Å². The topological polar surface area (TPSA) is 47.6 Å². The lowest BCUT2D eigenvalue weighted by Crippen LogP contribution is -2.20. The van der Waals surface area contributed by atoms with Gasteiger partial charge in [0.05, 0.1) is 0 Å². The lowest BCUT2D eigenvalue weighted by atomic mass is 9.97. The monoisotopic (exact) mass is 527 g/mol. The van der Waals surface area contributed by atoms with Gasteiger partial charge in [0, 0.05) is 24.6 Å². The van der Waals surface area contributed by atoms with Gasteiger partial charge in [-0.1, -0.05) is 78.3 Å². The molecule has 0 atom stereocenters. The minimum atomic E-state index is 0.00147. The van der Waals surface area contributed by atoms with Crippen molar-refractivity contribution in [2.24, 2.45) is 0 Å². The van der Waals surface area contributed by atoms with Crippen LogP contribution in [0.4, 0.5) is 0 Å². The molecule has 0 aliphatic heterocycles. The summed E-state index contributed by atoms with van der Waals surface area (Å²) < 4.78 is 12.5. The average Bonchev–Trinajstić information content (AvgIpc) is 2.92. The van der Waals surface area contributed by atoms with Gasteiger partial charge in [-0.15, -0.1) is 0 Å². The molecule has 0 radical (unpaired) electrons. The van der Waals surface area contributed by atoms with Crippen molar-refractivity contribution in [3.8, 4) is 22.6 Å². The molecule has 4 nitrogen and oxygen atoms in total. The second kappa shape index (κ2) is 13.7. The number of aryl methyl sites for hydroxylation is 1. The zero-order valence-electron chi connectivity index (χ0n) is 22.0. The van der Waals surface area contributed by atoms with Gasteiger partial charge in [-0.05, 0) is 77.8 Å². The highest BCUT2D eigenvalue weighted by molar-refractivity contribution is 6.30. The average molecular weight is 528 g/mol. The maximum Gasteiger partial charge on any atom is 0.216 e. The maximum atomic E-state index is 11.1. The Morgan fingerprint density at radius 1 is 0.816 bits per heavy atom. The predicted octanol–water partition coefficient (Wildman–Crippen LogP) is 7.93. The number of unbranched alkanes of at least 4 members (excludes halogenated alkanes) is 1. The van der Waals surface area contributed by atoms with Crippen LogP contribution in [0.15, 0.2) is 91.0 Å². The van der Waals surface area contributed by atoms with E-state index in [2.05, 4.69) is 60.8 Å². The molecule has 4 rings (SSSR count). The number of benzene rings is 4. The normalized spacial score (nSPS) is 10.7. The van der Waals surface area contributed by atoms with E-state index in [-0.39, 0.29) is 5.91 Å². The van der Waals surface area contributed by atoms with E-state index in [9.17, 15) is 4.79 Å². The summed E-state index contributed by atoms with van der Waals surface area (Å²) in [5, 5.41) is 3.55. The first kappa shape index (κ1) is 27.3. The van der Waals surface area contributed by atoms with Gasteiger partial charge >= 0.3 is 0 Å². The number of halogens is 1. The summed E-state index contributed by atoms with van der Waals surface area (Å²) in [6, 6.07) is 30.5. The van der Waals surface area contributed by atoms with E-state index in [1.54, 1.807) is 6.92 Å². The Labute approximate surface area is 230 Å². The highest BCUT2D eigenvalue weighted by Gasteiger charge is 2.10. The van der Waals surface area contributed by atoms with Crippen LogP contribution in [0.25, 0.3) is 11.1 Å². The number of rotatable bonds is 12. The summed E-state index contributed by atoms with van der Waals surface area (Å²) in [7, 11) is 0. The molecule has 1 amide bonds. The van der Waals surface area contributed by atoms with Crippen molar-refractivity contribution in [1.29, 1.82) is 0 Å². The van der Waals surface area contributed by atoms with E-state index >= 15 is 0 Å². The Hall–Kier alpha value is -3.76. The molecule has 4 aromatic rings. The van der Waals surface area contributed by atoms with Gasteiger partial charge < -0.3 is 14.8 Å². The predicted molar refractivity (Wildman–Crippen MR) is 155 cm³/mol. The summed E-state index contributed by atoms with van der Waals surface area (Å²) in [5.74, 6) is 1.57. The van der Waals surface area contributed by atoms with Crippen molar-refractivity contribution >= 4 is 17.5 Å². The molecule has 0 aliphatic carbocycles. The number of carbonyl (C=O) groups is 1. The van der Waals surface area contributed by atoms with Crippen LogP contribution in [-0.4, -0.2) is 12.5 Å². The van der Waals surface area contributed by atoms with E-state index in [0.717, 1.165) is 47.5 Å².